The van der Waals surface area contributed by atoms with Crippen molar-refractivity contribution >= 4 is 6.09 Å². The van der Waals surface area contributed by atoms with Gasteiger partial charge in [0.25, 0.3) is 0 Å². The lowest BCUT2D eigenvalue weighted by Gasteiger charge is -2.46. The molecule has 5 nitrogen and oxygen atoms in total. The third-order valence-electron chi connectivity index (χ3n) is 4.04. The van der Waals surface area contributed by atoms with E-state index >= 15 is 0 Å². The first-order valence-corrected chi connectivity index (χ1v) is 6.99. The third kappa shape index (κ3) is 2.95. The van der Waals surface area contributed by atoms with Crippen molar-refractivity contribution in [2.45, 2.75) is 50.7 Å². The van der Waals surface area contributed by atoms with Crippen LogP contribution in [0, 0.1) is 0 Å². The predicted molar refractivity (Wildman–Crippen MR) is 68.3 cm³/mol. The van der Waals surface area contributed by atoms with Crippen molar-refractivity contribution in [1.82, 2.24) is 4.90 Å². The van der Waals surface area contributed by atoms with Crippen LogP contribution in [0.4, 0.5) is 4.79 Å². The van der Waals surface area contributed by atoms with Crippen molar-refractivity contribution < 1.29 is 14.3 Å². The maximum Gasteiger partial charge on any atom is 0.409 e. The number of ether oxygens (including phenoxy) is 2. The van der Waals surface area contributed by atoms with Crippen LogP contribution in [0.5, 0.6) is 0 Å². The van der Waals surface area contributed by atoms with Crippen LogP contribution >= 0.6 is 0 Å². The Hall–Kier alpha value is -0.810. The van der Waals surface area contributed by atoms with E-state index < -0.39 is 0 Å². The van der Waals surface area contributed by atoms with E-state index in [4.69, 9.17) is 15.2 Å². The van der Waals surface area contributed by atoms with Gasteiger partial charge in [-0.2, -0.15) is 0 Å². The van der Waals surface area contributed by atoms with Gasteiger partial charge in [-0.15, -0.1) is 0 Å². The quantitative estimate of drug-likeness (QED) is 0.813. The number of hydrogen-bond donors (Lipinski definition) is 1. The van der Waals surface area contributed by atoms with E-state index in [0.717, 1.165) is 38.8 Å². The lowest BCUT2D eigenvalue weighted by Crippen LogP contribution is -2.52. The summed E-state index contributed by atoms with van der Waals surface area (Å²) in [4.78, 5) is 13.4. The molecule has 2 saturated heterocycles. The maximum absolute atomic E-state index is 11.6. The average molecular weight is 256 g/mol. The van der Waals surface area contributed by atoms with Gasteiger partial charge in [0.1, 0.15) is 0 Å². The summed E-state index contributed by atoms with van der Waals surface area (Å²) in [6, 6.07) is 0. The molecule has 0 aromatic rings. The Bertz CT molecular complexity index is 288. The fraction of sp³-hybridized carbons (Fsp3) is 0.923. The second-order valence-corrected chi connectivity index (χ2v) is 5.24. The van der Waals surface area contributed by atoms with Gasteiger partial charge in [-0.3, -0.25) is 0 Å². The Kier molecular flexibility index (Phi) is 4.45. The summed E-state index contributed by atoms with van der Waals surface area (Å²) in [6.45, 7) is 4.33. The molecule has 1 unspecified atom stereocenters. The lowest BCUT2D eigenvalue weighted by molar-refractivity contribution is -0.147. The summed E-state index contributed by atoms with van der Waals surface area (Å²) < 4.78 is 11.2. The Morgan fingerprint density at radius 3 is 2.78 bits per heavy atom. The second-order valence-electron chi connectivity index (χ2n) is 5.24. The van der Waals surface area contributed by atoms with Gasteiger partial charge in [0.05, 0.1) is 18.3 Å². The van der Waals surface area contributed by atoms with Crippen molar-refractivity contribution in [3.05, 3.63) is 0 Å². The molecule has 2 fully saturated rings. The van der Waals surface area contributed by atoms with E-state index in [1.807, 2.05) is 6.92 Å². The van der Waals surface area contributed by atoms with Crippen LogP contribution in [0.15, 0.2) is 0 Å². The Morgan fingerprint density at radius 2 is 2.17 bits per heavy atom. The predicted octanol–water partition coefficient (Wildman–Crippen LogP) is 1.51. The smallest absolute Gasteiger partial charge is 0.409 e. The first-order chi connectivity index (χ1) is 8.69. The van der Waals surface area contributed by atoms with Crippen molar-refractivity contribution in [2.75, 3.05) is 26.2 Å². The van der Waals surface area contributed by atoms with Crippen molar-refractivity contribution in [1.29, 1.82) is 0 Å². The highest BCUT2D eigenvalue weighted by Crippen LogP contribution is 2.37. The lowest BCUT2D eigenvalue weighted by atomic mass is 9.83. The van der Waals surface area contributed by atoms with E-state index in [0.29, 0.717) is 13.2 Å². The van der Waals surface area contributed by atoms with Crippen LogP contribution in [0.3, 0.4) is 0 Å². The van der Waals surface area contributed by atoms with E-state index in [1.54, 1.807) is 4.90 Å². The number of rotatable bonds is 2. The van der Waals surface area contributed by atoms with Crippen LogP contribution in [-0.4, -0.2) is 48.9 Å². The van der Waals surface area contributed by atoms with Gasteiger partial charge in [0.2, 0.25) is 0 Å². The van der Waals surface area contributed by atoms with Crippen LogP contribution in [0.25, 0.3) is 0 Å². The number of amides is 1. The molecule has 2 aliphatic rings. The first kappa shape index (κ1) is 13.6. The third-order valence-corrected chi connectivity index (χ3v) is 4.04. The number of nitrogens with zero attached hydrogens (tertiary/aromatic N) is 1. The SMILES string of the molecule is CCOC(=O)N1CCC2(CCCC(CN)O2)CC1. The molecular formula is C13H24N2O3. The zero-order valence-electron chi connectivity index (χ0n) is 11.2. The number of likely N-dealkylation sites (tertiary alicyclic amines) is 1. The molecule has 104 valence electrons. The molecule has 0 radical (unpaired) electrons. The van der Waals surface area contributed by atoms with E-state index in [-0.39, 0.29) is 17.8 Å². The van der Waals surface area contributed by atoms with Gasteiger partial charge >= 0.3 is 6.09 Å². The van der Waals surface area contributed by atoms with Gasteiger partial charge in [-0.1, -0.05) is 0 Å². The minimum absolute atomic E-state index is 0.0364. The molecule has 18 heavy (non-hydrogen) atoms. The van der Waals surface area contributed by atoms with Crippen LogP contribution in [-0.2, 0) is 9.47 Å². The van der Waals surface area contributed by atoms with Crippen molar-refractivity contribution in [3.8, 4) is 0 Å². The second kappa shape index (κ2) is 5.89. The van der Waals surface area contributed by atoms with E-state index in [1.165, 1.54) is 6.42 Å². The summed E-state index contributed by atoms with van der Waals surface area (Å²) in [5.41, 5.74) is 5.66. The van der Waals surface area contributed by atoms with Crippen LogP contribution < -0.4 is 5.73 Å². The minimum atomic E-state index is -0.196. The maximum atomic E-state index is 11.6. The molecular weight excluding hydrogens is 232 g/mol. The van der Waals surface area contributed by atoms with Crippen molar-refractivity contribution in [3.63, 3.8) is 0 Å². The summed E-state index contributed by atoms with van der Waals surface area (Å²) >= 11 is 0. The molecule has 1 amide bonds. The molecule has 2 N–H and O–H groups in total. The van der Waals surface area contributed by atoms with Gasteiger partial charge in [-0.25, -0.2) is 4.79 Å². The molecule has 5 heteroatoms. The van der Waals surface area contributed by atoms with Gasteiger partial charge < -0.3 is 20.1 Å². The zero-order valence-corrected chi connectivity index (χ0v) is 11.2. The highest BCUT2D eigenvalue weighted by Gasteiger charge is 2.40. The molecule has 1 atom stereocenters. The summed E-state index contributed by atoms with van der Waals surface area (Å²) in [5.74, 6) is 0. The fourth-order valence-electron chi connectivity index (χ4n) is 2.97. The normalized spacial score (nSPS) is 27.2. The highest BCUT2D eigenvalue weighted by molar-refractivity contribution is 5.67. The molecule has 2 rings (SSSR count). The molecule has 0 aliphatic carbocycles. The van der Waals surface area contributed by atoms with Gasteiger partial charge in [-0.05, 0) is 39.0 Å². The monoisotopic (exact) mass is 256 g/mol. The molecule has 0 aromatic heterocycles. The molecule has 0 bridgehead atoms. The summed E-state index contributed by atoms with van der Waals surface area (Å²) in [7, 11) is 0. The standard InChI is InChI=1S/C13H24N2O3/c1-2-17-12(16)15-8-6-13(7-9-15)5-3-4-11(10-14)18-13/h11H,2-10,14H2,1H3. The molecule has 0 saturated carbocycles. The van der Waals surface area contributed by atoms with E-state index in [9.17, 15) is 4.79 Å². The largest absolute Gasteiger partial charge is 0.450 e. The zero-order chi connectivity index (χ0) is 13.0. The first-order valence-electron chi connectivity index (χ1n) is 6.99. The Balaban J connectivity index is 1.87. The number of hydrogen-bond acceptors (Lipinski definition) is 4. The van der Waals surface area contributed by atoms with Crippen LogP contribution in [0.2, 0.25) is 0 Å². The summed E-state index contributed by atoms with van der Waals surface area (Å²) in [5, 5.41) is 0. The van der Waals surface area contributed by atoms with Gasteiger partial charge in [0.15, 0.2) is 0 Å². The molecule has 2 heterocycles. The topological polar surface area (TPSA) is 64.8 Å². The average Bonchev–Trinajstić information content (AvgIpc) is 2.40. The van der Waals surface area contributed by atoms with Crippen LogP contribution in [0.1, 0.15) is 39.0 Å². The Labute approximate surface area is 109 Å². The number of carbonyl (C=O) groups excluding carboxylic acids is 1. The van der Waals surface area contributed by atoms with Gasteiger partial charge in [0, 0.05) is 19.6 Å². The molecule has 0 aromatic carbocycles. The highest BCUT2D eigenvalue weighted by atomic mass is 16.6. The van der Waals surface area contributed by atoms with Crippen molar-refractivity contribution in [2.24, 2.45) is 5.73 Å². The Morgan fingerprint density at radius 1 is 1.44 bits per heavy atom. The summed E-state index contributed by atoms with van der Waals surface area (Å²) in [6.07, 6.45) is 5.16. The van der Waals surface area contributed by atoms with E-state index in [2.05, 4.69) is 0 Å². The number of carbonyl (C=O) groups is 1. The molecule has 1 spiro atoms. The minimum Gasteiger partial charge on any atom is -0.450 e. The fourth-order valence-corrected chi connectivity index (χ4v) is 2.97. The number of piperidine rings is 1. The molecule has 2 aliphatic heterocycles. The number of nitrogens with two attached hydrogens (primary N) is 1.